The number of hydrogen-bond donors (Lipinski definition) is 2. The van der Waals surface area contributed by atoms with Crippen LogP contribution in [0.3, 0.4) is 0 Å². The first-order valence-corrected chi connectivity index (χ1v) is 5.43. The van der Waals surface area contributed by atoms with Crippen molar-refractivity contribution < 1.29 is 9.90 Å². The number of carboxylic acid groups (broad SMARTS) is 1. The fraction of sp³-hybridized carbons (Fsp3) is 0.583. The van der Waals surface area contributed by atoms with Crippen molar-refractivity contribution in [3.8, 4) is 0 Å². The Kier molecular flexibility index (Phi) is 4.56. The molecule has 0 saturated carbocycles. The molecule has 0 aromatic heterocycles. The van der Waals surface area contributed by atoms with Crippen LogP contribution in [0, 0.1) is 11.8 Å². The summed E-state index contributed by atoms with van der Waals surface area (Å²) in [6.45, 7) is 1.72. The smallest absolute Gasteiger partial charge is 0.306 e. The van der Waals surface area contributed by atoms with Crippen LogP contribution in [0.25, 0.3) is 0 Å². The van der Waals surface area contributed by atoms with Gasteiger partial charge in [-0.05, 0) is 25.2 Å². The van der Waals surface area contributed by atoms with Crippen molar-refractivity contribution in [3.63, 3.8) is 0 Å². The lowest BCUT2D eigenvalue weighted by Gasteiger charge is -2.21. The predicted octanol–water partition coefficient (Wildman–Crippen LogP) is 1.95. The van der Waals surface area contributed by atoms with E-state index in [1.807, 2.05) is 12.2 Å². The Morgan fingerprint density at radius 3 is 3.07 bits per heavy atom. The van der Waals surface area contributed by atoms with Crippen molar-refractivity contribution in [2.24, 2.45) is 17.6 Å². The Morgan fingerprint density at radius 1 is 1.73 bits per heavy atom. The molecule has 0 saturated heterocycles. The summed E-state index contributed by atoms with van der Waals surface area (Å²) in [7, 11) is 0. The van der Waals surface area contributed by atoms with Gasteiger partial charge in [0, 0.05) is 6.04 Å². The van der Waals surface area contributed by atoms with Crippen molar-refractivity contribution in [1.82, 2.24) is 0 Å². The van der Waals surface area contributed by atoms with Crippen LogP contribution < -0.4 is 5.73 Å². The van der Waals surface area contributed by atoms with Crippen LogP contribution >= 0.6 is 0 Å². The number of carbonyl (C=O) groups is 1. The highest BCUT2D eigenvalue weighted by molar-refractivity contribution is 5.69. The van der Waals surface area contributed by atoms with E-state index in [0.29, 0.717) is 12.3 Å². The van der Waals surface area contributed by atoms with Gasteiger partial charge in [0.1, 0.15) is 0 Å². The second-order valence-corrected chi connectivity index (χ2v) is 4.15. The first kappa shape index (κ1) is 12.0. The molecule has 1 aliphatic carbocycles. The molecular weight excluding hydrogens is 190 g/mol. The Bertz CT molecular complexity index is 271. The minimum absolute atomic E-state index is 0.0927. The highest BCUT2D eigenvalue weighted by Gasteiger charge is 2.15. The molecule has 15 heavy (non-hydrogen) atoms. The van der Waals surface area contributed by atoms with Gasteiger partial charge in [-0.1, -0.05) is 31.2 Å². The Labute approximate surface area is 90.7 Å². The van der Waals surface area contributed by atoms with Gasteiger partial charge in [0.25, 0.3) is 0 Å². The largest absolute Gasteiger partial charge is 0.481 e. The molecule has 0 heterocycles. The van der Waals surface area contributed by atoms with E-state index < -0.39 is 5.97 Å². The van der Waals surface area contributed by atoms with Gasteiger partial charge in [-0.3, -0.25) is 4.79 Å². The van der Waals surface area contributed by atoms with Gasteiger partial charge in [0.2, 0.25) is 0 Å². The van der Waals surface area contributed by atoms with E-state index in [9.17, 15) is 4.79 Å². The summed E-state index contributed by atoms with van der Waals surface area (Å²) in [6.07, 6.45) is 10.9. The molecule has 0 radical (unpaired) electrons. The fourth-order valence-electron chi connectivity index (χ4n) is 1.66. The van der Waals surface area contributed by atoms with Crippen molar-refractivity contribution in [3.05, 3.63) is 24.3 Å². The lowest BCUT2D eigenvalue weighted by Crippen LogP contribution is -2.28. The molecule has 0 fully saturated rings. The number of nitrogens with two attached hydrogens (primary N) is 1. The summed E-state index contributed by atoms with van der Waals surface area (Å²) in [6, 6.07) is 0.0927. The highest BCUT2D eigenvalue weighted by atomic mass is 16.4. The minimum atomic E-state index is -0.743. The zero-order valence-corrected chi connectivity index (χ0v) is 9.10. The quantitative estimate of drug-likeness (QED) is 0.695. The molecule has 0 bridgehead atoms. The molecule has 3 N–H and O–H groups in total. The predicted molar refractivity (Wildman–Crippen MR) is 60.4 cm³/mol. The average molecular weight is 209 g/mol. The Balaban J connectivity index is 2.37. The van der Waals surface area contributed by atoms with Crippen LogP contribution in [0.1, 0.15) is 26.2 Å². The molecule has 0 amide bonds. The third-order valence-electron chi connectivity index (χ3n) is 2.81. The van der Waals surface area contributed by atoms with Crippen LogP contribution in [-0.4, -0.2) is 17.1 Å². The molecule has 3 nitrogen and oxygen atoms in total. The number of hydrogen-bond acceptors (Lipinski definition) is 2. The lowest BCUT2D eigenvalue weighted by molar-refractivity contribution is -0.140. The molecule has 0 aliphatic heterocycles. The maximum Gasteiger partial charge on any atom is 0.306 e. The summed E-state index contributed by atoms with van der Waals surface area (Å²) in [5.74, 6) is -0.680. The third-order valence-corrected chi connectivity index (χ3v) is 2.81. The van der Waals surface area contributed by atoms with Crippen molar-refractivity contribution in [2.75, 3.05) is 0 Å². The van der Waals surface area contributed by atoms with Crippen LogP contribution in [0.15, 0.2) is 24.3 Å². The molecule has 0 aromatic rings. The van der Waals surface area contributed by atoms with Gasteiger partial charge >= 0.3 is 5.97 Å². The topological polar surface area (TPSA) is 63.3 Å². The van der Waals surface area contributed by atoms with Crippen LogP contribution in [0.2, 0.25) is 0 Å². The van der Waals surface area contributed by atoms with Crippen LogP contribution in [0.4, 0.5) is 0 Å². The van der Waals surface area contributed by atoms with Gasteiger partial charge in [0.15, 0.2) is 0 Å². The summed E-state index contributed by atoms with van der Waals surface area (Å²) in [4.78, 5) is 10.6. The first-order chi connectivity index (χ1) is 7.11. The fourth-order valence-corrected chi connectivity index (χ4v) is 1.66. The SMILES string of the molecule is CC(C/C=C/C1CCC=CC1N)C(=O)O. The Morgan fingerprint density at radius 2 is 2.47 bits per heavy atom. The standard InChI is InChI=1S/C12H19NO2/c1-9(12(14)15)5-4-7-10-6-2-3-8-11(10)13/h3-4,7-11H,2,5-6,13H2,1H3,(H,14,15)/b7-4+. The van der Waals surface area contributed by atoms with E-state index in [1.54, 1.807) is 6.92 Å². The van der Waals surface area contributed by atoms with E-state index >= 15 is 0 Å². The number of carboxylic acids is 1. The number of aliphatic carboxylic acids is 1. The maximum atomic E-state index is 10.6. The zero-order valence-electron chi connectivity index (χ0n) is 9.10. The van der Waals surface area contributed by atoms with Gasteiger partial charge < -0.3 is 10.8 Å². The monoisotopic (exact) mass is 209 g/mol. The summed E-state index contributed by atoms with van der Waals surface area (Å²) in [5, 5.41) is 8.70. The van der Waals surface area contributed by atoms with Gasteiger partial charge in [-0.2, -0.15) is 0 Å². The van der Waals surface area contributed by atoms with E-state index in [1.165, 1.54) is 0 Å². The molecule has 1 rings (SSSR count). The summed E-state index contributed by atoms with van der Waals surface area (Å²) < 4.78 is 0. The summed E-state index contributed by atoms with van der Waals surface area (Å²) >= 11 is 0. The van der Waals surface area contributed by atoms with E-state index in [0.717, 1.165) is 12.8 Å². The minimum Gasteiger partial charge on any atom is -0.481 e. The Hall–Kier alpha value is -1.09. The van der Waals surface area contributed by atoms with Gasteiger partial charge in [-0.25, -0.2) is 0 Å². The van der Waals surface area contributed by atoms with Crippen molar-refractivity contribution >= 4 is 5.97 Å². The molecule has 3 unspecified atom stereocenters. The normalized spacial score (nSPS) is 28.1. The number of allylic oxidation sites excluding steroid dienone is 2. The zero-order chi connectivity index (χ0) is 11.3. The van der Waals surface area contributed by atoms with Crippen LogP contribution in [-0.2, 0) is 4.79 Å². The molecular formula is C12H19NO2. The maximum absolute atomic E-state index is 10.6. The second kappa shape index (κ2) is 5.71. The molecule has 1 aliphatic rings. The third kappa shape index (κ3) is 3.88. The van der Waals surface area contributed by atoms with Gasteiger partial charge in [0.05, 0.1) is 5.92 Å². The molecule has 3 atom stereocenters. The van der Waals surface area contributed by atoms with E-state index in [-0.39, 0.29) is 12.0 Å². The number of rotatable bonds is 4. The summed E-state index contributed by atoms with van der Waals surface area (Å²) in [5.41, 5.74) is 5.90. The molecule has 3 heteroatoms. The molecule has 84 valence electrons. The van der Waals surface area contributed by atoms with E-state index in [4.69, 9.17) is 10.8 Å². The average Bonchev–Trinajstić information content (AvgIpc) is 2.20. The molecule has 0 spiro atoms. The van der Waals surface area contributed by atoms with Crippen molar-refractivity contribution in [1.29, 1.82) is 0 Å². The van der Waals surface area contributed by atoms with Gasteiger partial charge in [-0.15, -0.1) is 0 Å². The second-order valence-electron chi connectivity index (χ2n) is 4.15. The van der Waals surface area contributed by atoms with Crippen LogP contribution in [0.5, 0.6) is 0 Å². The lowest BCUT2D eigenvalue weighted by atomic mass is 9.89. The van der Waals surface area contributed by atoms with Crippen molar-refractivity contribution in [2.45, 2.75) is 32.2 Å². The van der Waals surface area contributed by atoms with E-state index in [2.05, 4.69) is 12.2 Å². The first-order valence-electron chi connectivity index (χ1n) is 5.43. The highest BCUT2D eigenvalue weighted by Crippen LogP contribution is 2.19. The molecule has 0 aromatic carbocycles.